The lowest BCUT2D eigenvalue weighted by molar-refractivity contribution is 0.166. The number of para-hydroxylation sites is 1. The molecule has 1 fully saturated rings. The topological polar surface area (TPSA) is 78.1 Å². The van der Waals surface area contributed by atoms with Crippen molar-refractivity contribution in [2.75, 3.05) is 26.4 Å². The van der Waals surface area contributed by atoms with Gasteiger partial charge in [0.05, 0.1) is 32.4 Å². The van der Waals surface area contributed by atoms with E-state index in [9.17, 15) is 0 Å². The van der Waals surface area contributed by atoms with Crippen LogP contribution < -0.4 is 20.5 Å². The van der Waals surface area contributed by atoms with Crippen LogP contribution in [0.1, 0.15) is 35.6 Å². The Kier molecular flexibility index (Phi) is 6.20. The first-order valence-corrected chi connectivity index (χ1v) is 10.3. The van der Waals surface area contributed by atoms with Gasteiger partial charge in [-0.15, -0.1) is 0 Å². The lowest BCUT2D eigenvalue weighted by Gasteiger charge is -2.27. The van der Waals surface area contributed by atoms with Gasteiger partial charge in [0, 0.05) is 30.1 Å². The summed E-state index contributed by atoms with van der Waals surface area (Å²) in [4.78, 5) is 4.57. The van der Waals surface area contributed by atoms with E-state index in [-0.39, 0.29) is 6.04 Å². The number of ether oxygens (including phenoxy) is 3. The molecule has 2 atom stereocenters. The van der Waals surface area contributed by atoms with Crippen LogP contribution in [0, 0.1) is 12.8 Å². The van der Waals surface area contributed by atoms with Crippen molar-refractivity contribution in [1.29, 1.82) is 0 Å². The van der Waals surface area contributed by atoms with Gasteiger partial charge in [0.15, 0.2) is 5.96 Å². The summed E-state index contributed by atoms with van der Waals surface area (Å²) in [5.74, 6) is 2.69. The summed E-state index contributed by atoms with van der Waals surface area (Å²) < 4.78 is 17.3. The van der Waals surface area contributed by atoms with Crippen molar-refractivity contribution < 1.29 is 14.2 Å². The van der Waals surface area contributed by atoms with E-state index in [2.05, 4.69) is 41.5 Å². The Balaban J connectivity index is 1.40. The minimum absolute atomic E-state index is 0.111. The van der Waals surface area contributed by atoms with Gasteiger partial charge in [-0.05, 0) is 31.0 Å². The summed E-state index contributed by atoms with van der Waals surface area (Å²) in [5.41, 5.74) is 9.53. The van der Waals surface area contributed by atoms with Gasteiger partial charge in [0.2, 0.25) is 0 Å². The van der Waals surface area contributed by atoms with Crippen LogP contribution in [-0.2, 0) is 11.3 Å². The van der Waals surface area contributed by atoms with Gasteiger partial charge >= 0.3 is 0 Å². The predicted molar refractivity (Wildman–Crippen MR) is 113 cm³/mol. The number of nitrogens with one attached hydrogen (secondary N) is 1. The van der Waals surface area contributed by atoms with Crippen molar-refractivity contribution in [3.05, 3.63) is 59.2 Å². The van der Waals surface area contributed by atoms with Gasteiger partial charge in [0.25, 0.3) is 0 Å². The molecule has 6 heteroatoms. The van der Waals surface area contributed by atoms with Crippen molar-refractivity contribution in [3.63, 3.8) is 0 Å². The van der Waals surface area contributed by atoms with Gasteiger partial charge in [0.1, 0.15) is 11.5 Å². The third kappa shape index (κ3) is 5.01. The Bertz CT molecular complexity index is 862. The molecular formula is C23H29N3O3. The van der Waals surface area contributed by atoms with E-state index in [1.54, 1.807) is 0 Å². The molecule has 2 heterocycles. The average molecular weight is 396 g/mol. The molecule has 154 valence electrons. The maximum absolute atomic E-state index is 6.20. The molecule has 0 saturated carbocycles. The number of benzene rings is 2. The Morgan fingerprint density at radius 1 is 1.21 bits per heavy atom. The smallest absolute Gasteiger partial charge is 0.189 e. The number of fused-ring (bicyclic) bond motifs is 1. The number of guanidine groups is 1. The Labute approximate surface area is 172 Å². The predicted octanol–water partition coefficient (Wildman–Crippen LogP) is 3.34. The molecule has 2 aromatic carbocycles. The van der Waals surface area contributed by atoms with Gasteiger partial charge in [-0.3, -0.25) is 0 Å². The summed E-state index contributed by atoms with van der Waals surface area (Å²) in [5, 5.41) is 3.34. The summed E-state index contributed by atoms with van der Waals surface area (Å²) in [6.45, 7) is 5.49. The zero-order valence-electron chi connectivity index (χ0n) is 16.9. The quantitative estimate of drug-likeness (QED) is 0.579. The highest BCUT2D eigenvalue weighted by Gasteiger charge is 2.21. The molecule has 1 saturated heterocycles. The molecule has 0 aromatic heterocycles. The number of aliphatic imine (C=N–C) groups is 1. The number of hydrogen-bond donors (Lipinski definition) is 2. The molecule has 3 N–H and O–H groups in total. The van der Waals surface area contributed by atoms with E-state index in [0.29, 0.717) is 31.6 Å². The van der Waals surface area contributed by atoms with Gasteiger partial charge in [-0.2, -0.15) is 0 Å². The van der Waals surface area contributed by atoms with Crippen LogP contribution in [0.3, 0.4) is 0 Å². The number of aryl methyl sites for hydroxylation is 1. The highest BCUT2D eigenvalue weighted by Crippen LogP contribution is 2.31. The van der Waals surface area contributed by atoms with Crippen LogP contribution >= 0.6 is 0 Å². The molecule has 2 aromatic rings. The van der Waals surface area contributed by atoms with Crippen LogP contribution in [0.25, 0.3) is 0 Å². The molecule has 0 aliphatic carbocycles. The molecule has 2 aliphatic rings. The van der Waals surface area contributed by atoms with Crippen LogP contribution in [-0.4, -0.2) is 32.4 Å². The molecule has 0 radical (unpaired) electrons. The Morgan fingerprint density at radius 2 is 2.10 bits per heavy atom. The fourth-order valence-corrected chi connectivity index (χ4v) is 3.74. The minimum atomic E-state index is 0.111. The number of rotatable bonds is 6. The maximum atomic E-state index is 6.20. The largest absolute Gasteiger partial charge is 0.493 e. The van der Waals surface area contributed by atoms with E-state index in [4.69, 9.17) is 19.9 Å². The van der Waals surface area contributed by atoms with Gasteiger partial charge < -0.3 is 25.3 Å². The summed E-state index contributed by atoms with van der Waals surface area (Å²) in [6.07, 6.45) is 1.92. The standard InChI is InChI=1S/C23H29N3O3/c1-16-6-7-18(22(12-16)29-15-17-8-10-27-14-17)13-25-23(24)26-20-9-11-28-21-5-3-2-4-19(20)21/h2-7,12,17,20H,8-11,13-15H2,1H3,(H3,24,25,26). The first kappa shape index (κ1) is 19.6. The van der Waals surface area contributed by atoms with Gasteiger partial charge in [-0.1, -0.05) is 30.3 Å². The Hall–Kier alpha value is -2.73. The van der Waals surface area contributed by atoms with E-state index < -0.39 is 0 Å². The third-order valence-corrected chi connectivity index (χ3v) is 5.42. The highest BCUT2D eigenvalue weighted by molar-refractivity contribution is 5.78. The van der Waals surface area contributed by atoms with Crippen molar-refractivity contribution in [3.8, 4) is 11.5 Å². The SMILES string of the molecule is Cc1ccc(CN=C(N)NC2CCOc3ccccc32)c(OCC2CCOC2)c1. The normalized spacial score (nSPS) is 21.3. The molecule has 0 spiro atoms. The monoisotopic (exact) mass is 395 g/mol. The lowest BCUT2D eigenvalue weighted by atomic mass is 10.0. The molecule has 2 aliphatic heterocycles. The summed E-state index contributed by atoms with van der Waals surface area (Å²) in [7, 11) is 0. The lowest BCUT2D eigenvalue weighted by Crippen LogP contribution is -2.37. The van der Waals surface area contributed by atoms with Crippen LogP contribution in [0.5, 0.6) is 11.5 Å². The second kappa shape index (κ2) is 9.18. The first-order valence-electron chi connectivity index (χ1n) is 10.3. The average Bonchev–Trinajstić information content (AvgIpc) is 3.25. The zero-order chi connectivity index (χ0) is 20.1. The fourth-order valence-electron chi connectivity index (χ4n) is 3.74. The number of nitrogens with zero attached hydrogens (tertiary/aromatic N) is 1. The van der Waals surface area contributed by atoms with Crippen LogP contribution in [0.15, 0.2) is 47.5 Å². The first-order chi connectivity index (χ1) is 14.2. The van der Waals surface area contributed by atoms with Crippen molar-refractivity contribution >= 4 is 5.96 Å². The van der Waals surface area contributed by atoms with E-state index in [1.807, 2.05) is 18.2 Å². The molecule has 2 unspecified atom stereocenters. The number of hydrogen-bond acceptors (Lipinski definition) is 4. The second-order valence-corrected chi connectivity index (χ2v) is 7.73. The second-order valence-electron chi connectivity index (χ2n) is 7.73. The molecule has 0 amide bonds. The third-order valence-electron chi connectivity index (χ3n) is 5.42. The molecule has 0 bridgehead atoms. The summed E-state index contributed by atoms with van der Waals surface area (Å²) in [6, 6.07) is 14.4. The van der Waals surface area contributed by atoms with Crippen LogP contribution in [0.4, 0.5) is 0 Å². The number of nitrogens with two attached hydrogens (primary N) is 1. The molecular weight excluding hydrogens is 366 g/mol. The Morgan fingerprint density at radius 3 is 2.97 bits per heavy atom. The van der Waals surface area contributed by atoms with Gasteiger partial charge in [-0.25, -0.2) is 4.99 Å². The summed E-state index contributed by atoms with van der Waals surface area (Å²) >= 11 is 0. The van der Waals surface area contributed by atoms with Crippen molar-refractivity contribution in [2.45, 2.75) is 32.4 Å². The fraction of sp³-hybridized carbons (Fsp3) is 0.435. The zero-order valence-corrected chi connectivity index (χ0v) is 16.9. The van der Waals surface area contributed by atoms with E-state index in [1.165, 1.54) is 5.56 Å². The minimum Gasteiger partial charge on any atom is -0.493 e. The highest BCUT2D eigenvalue weighted by atomic mass is 16.5. The van der Waals surface area contributed by atoms with Crippen LogP contribution in [0.2, 0.25) is 0 Å². The molecule has 4 rings (SSSR count). The maximum Gasteiger partial charge on any atom is 0.189 e. The van der Waals surface area contributed by atoms with Crippen molar-refractivity contribution in [2.24, 2.45) is 16.6 Å². The van der Waals surface area contributed by atoms with Crippen molar-refractivity contribution in [1.82, 2.24) is 5.32 Å². The molecule has 29 heavy (non-hydrogen) atoms. The molecule has 6 nitrogen and oxygen atoms in total. The van der Waals surface area contributed by atoms with E-state index in [0.717, 1.165) is 48.7 Å². The van der Waals surface area contributed by atoms with E-state index >= 15 is 0 Å².